The number of ether oxygens (including phenoxy) is 6. The number of aromatic nitrogens is 4. The number of aromatic amines is 2. The first-order chi connectivity index (χ1) is 32.3. The van der Waals surface area contributed by atoms with Crippen molar-refractivity contribution < 1.29 is 42.5 Å². The molecule has 7 rings (SSSR count). The normalized spacial score (nSPS) is 20.9. The van der Waals surface area contributed by atoms with Gasteiger partial charge < -0.3 is 32.8 Å². The number of rotatable bonds is 18. The van der Waals surface area contributed by atoms with Gasteiger partial charge in [-0.05, 0) is 72.9 Å². The molecule has 1 amide bonds. The molecule has 3 aromatic carbocycles. The molecule has 6 atom stereocenters. The van der Waals surface area contributed by atoms with Crippen molar-refractivity contribution in [1.29, 1.82) is 0 Å². The van der Waals surface area contributed by atoms with Gasteiger partial charge in [0, 0.05) is 36.4 Å². The zero-order chi connectivity index (χ0) is 49.0. The maximum Gasteiger partial charge on any atom is 0.330 e. The van der Waals surface area contributed by atoms with Gasteiger partial charge in [-0.2, -0.15) is 0 Å². The van der Waals surface area contributed by atoms with Crippen LogP contribution in [-0.2, 0) is 38.6 Å². The molecule has 5 aromatic rings. The molecule has 2 aliphatic heterocycles. The predicted octanol–water partition coefficient (Wildman–Crippen LogP) is 5.13. The molecule has 19 heteroatoms. The molecule has 18 nitrogen and oxygen atoms in total. The van der Waals surface area contributed by atoms with Crippen LogP contribution in [0.5, 0.6) is 11.5 Å². The highest BCUT2D eigenvalue weighted by Gasteiger charge is 2.46. The number of nitrogens with one attached hydrogen (secondary N) is 3. The lowest BCUT2D eigenvalue weighted by molar-refractivity contribution is -0.149. The fourth-order valence-electron chi connectivity index (χ4n) is 8.20. The molecule has 68 heavy (non-hydrogen) atoms. The molecule has 0 radical (unpaired) electrons. The van der Waals surface area contributed by atoms with Crippen molar-refractivity contribution in [2.75, 3.05) is 34.0 Å². The minimum atomic E-state index is -2.36. The highest BCUT2D eigenvalue weighted by molar-refractivity contribution is 6.74. The minimum absolute atomic E-state index is 0.0863. The summed E-state index contributed by atoms with van der Waals surface area (Å²) in [5.74, 6) is 0.688. The van der Waals surface area contributed by atoms with Crippen molar-refractivity contribution in [2.45, 2.75) is 108 Å². The number of carbonyl (C=O) groups excluding carboxylic acids is 1. The first-order valence-corrected chi connectivity index (χ1v) is 25.4. The number of benzene rings is 3. The molecule has 2 aliphatic rings. The monoisotopic (exact) mass is 955 g/mol. The van der Waals surface area contributed by atoms with Crippen molar-refractivity contribution in [3.63, 3.8) is 0 Å². The Kier molecular flexibility index (Phi) is 15.2. The van der Waals surface area contributed by atoms with Gasteiger partial charge in [-0.25, -0.2) is 15.1 Å². The number of hydroxylamine groups is 1. The molecule has 4 heterocycles. The standard InChI is InChI=1S/C49H61N5O13Si/c1-30-25-53(46(58)50-44(30)56)42-23-37(39(65-42)27-63-49(32-13-11-10-12-14-32,33-15-19-35(60-6)20-16-33)34-17-21-36(61-7)22-18-34)62-29-41(55)52-64-28-40-38(67-68(8,9)48(3,4)5)24-43(66-40)54-26-31(2)45(57)51-47(54)59/h10-22,25-26,37-40,42-43H,23-24,27-29H2,1-9H3,(H,52,55)(H,50,56,58)(H,51,57,59)/t37-,38-,39+,40+,42+,43+/m0/s1. The predicted molar refractivity (Wildman–Crippen MR) is 253 cm³/mol. The summed E-state index contributed by atoms with van der Waals surface area (Å²) in [4.78, 5) is 74.4. The molecule has 2 saturated heterocycles. The van der Waals surface area contributed by atoms with Crippen molar-refractivity contribution in [3.05, 3.63) is 161 Å². The largest absolute Gasteiger partial charge is 0.497 e. The molecule has 2 fully saturated rings. The quantitative estimate of drug-likeness (QED) is 0.0592. The Hall–Kier alpha value is -5.93. The molecule has 3 N–H and O–H groups in total. The summed E-state index contributed by atoms with van der Waals surface area (Å²) in [7, 11) is 0.835. The highest BCUT2D eigenvalue weighted by atomic mass is 28.4. The molecule has 0 spiro atoms. The average Bonchev–Trinajstić information content (AvgIpc) is 3.91. The molecule has 0 unspecified atom stereocenters. The van der Waals surface area contributed by atoms with Gasteiger partial charge in [-0.3, -0.25) is 38.3 Å². The summed E-state index contributed by atoms with van der Waals surface area (Å²) in [5.41, 5.74) is 1.98. The number of amides is 1. The summed E-state index contributed by atoms with van der Waals surface area (Å²) >= 11 is 0. The number of methoxy groups -OCH3 is 2. The lowest BCUT2D eigenvalue weighted by atomic mass is 9.80. The smallest absolute Gasteiger partial charge is 0.330 e. The molecule has 0 aliphatic carbocycles. The van der Waals surface area contributed by atoms with Crippen LogP contribution in [0, 0.1) is 13.8 Å². The van der Waals surface area contributed by atoms with Crippen molar-refractivity contribution in [1.82, 2.24) is 24.6 Å². The van der Waals surface area contributed by atoms with Crippen molar-refractivity contribution >= 4 is 14.2 Å². The van der Waals surface area contributed by atoms with Gasteiger partial charge in [0.05, 0.1) is 33.0 Å². The molecular weight excluding hydrogens is 895 g/mol. The Morgan fingerprint density at radius 3 is 1.66 bits per heavy atom. The third kappa shape index (κ3) is 10.8. The second kappa shape index (κ2) is 20.7. The van der Waals surface area contributed by atoms with E-state index in [0.29, 0.717) is 29.0 Å². The topological polar surface area (TPSA) is 213 Å². The first kappa shape index (κ1) is 50.0. The van der Waals surface area contributed by atoms with E-state index in [9.17, 15) is 24.0 Å². The fraction of sp³-hybridized carbons (Fsp3) is 0.449. The van der Waals surface area contributed by atoms with Gasteiger partial charge in [-0.1, -0.05) is 75.4 Å². The van der Waals surface area contributed by atoms with Gasteiger partial charge in [-0.15, -0.1) is 0 Å². The molecular formula is C49H61N5O13Si. The number of carbonyl (C=O) groups is 1. The van der Waals surface area contributed by atoms with Gasteiger partial charge in [0.15, 0.2) is 8.32 Å². The minimum Gasteiger partial charge on any atom is -0.497 e. The van der Waals surface area contributed by atoms with E-state index in [4.69, 9.17) is 37.7 Å². The van der Waals surface area contributed by atoms with Crippen LogP contribution in [0.1, 0.15) is 73.9 Å². The third-order valence-electron chi connectivity index (χ3n) is 13.0. The number of H-pyrrole nitrogens is 2. The van der Waals surface area contributed by atoms with Crippen molar-refractivity contribution in [2.24, 2.45) is 0 Å². The van der Waals surface area contributed by atoms with Crippen LogP contribution < -0.4 is 37.5 Å². The Balaban J connectivity index is 1.11. The Bertz CT molecular complexity index is 2720. The summed E-state index contributed by atoms with van der Waals surface area (Å²) in [5, 5.41) is -0.141. The van der Waals surface area contributed by atoms with Gasteiger partial charge in [0.25, 0.3) is 17.0 Å². The second-order valence-electron chi connectivity index (χ2n) is 18.6. The van der Waals surface area contributed by atoms with E-state index in [1.165, 1.54) is 21.5 Å². The zero-order valence-corrected chi connectivity index (χ0v) is 40.9. The third-order valence-corrected chi connectivity index (χ3v) is 17.5. The maximum atomic E-state index is 13.5. The van der Waals surface area contributed by atoms with Crippen LogP contribution >= 0.6 is 0 Å². The summed E-state index contributed by atoms with van der Waals surface area (Å²) < 4.78 is 46.7. The van der Waals surface area contributed by atoms with E-state index in [1.54, 1.807) is 28.1 Å². The van der Waals surface area contributed by atoms with E-state index in [-0.39, 0.29) is 24.7 Å². The van der Waals surface area contributed by atoms with Crippen LogP contribution in [0.15, 0.2) is 110 Å². The van der Waals surface area contributed by atoms with Crippen molar-refractivity contribution in [3.8, 4) is 11.5 Å². The number of nitrogens with zero attached hydrogens (tertiary/aromatic N) is 2. The van der Waals surface area contributed by atoms with Crippen LogP contribution in [0.25, 0.3) is 0 Å². The average molecular weight is 956 g/mol. The van der Waals surface area contributed by atoms with Crippen LogP contribution in [0.3, 0.4) is 0 Å². The second-order valence-corrected chi connectivity index (χ2v) is 23.4. The molecule has 0 bridgehead atoms. The Morgan fingerprint density at radius 2 is 1.18 bits per heavy atom. The molecule has 364 valence electrons. The first-order valence-electron chi connectivity index (χ1n) is 22.5. The van der Waals surface area contributed by atoms with E-state index < -0.39 is 85.8 Å². The molecule has 0 saturated carbocycles. The van der Waals surface area contributed by atoms with Gasteiger partial charge >= 0.3 is 11.4 Å². The fourth-order valence-corrected chi connectivity index (χ4v) is 9.55. The Labute approximate surface area is 394 Å². The lowest BCUT2D eigenvalue weighted by Crippen LogP contribution is -2.47. The maximum absolute atomic E-state index is 13.5. The van der Waals surface area contributed by atoms with Gasteiger partial charge in [0.2, 0.25) is 0 Å². The number of hydrogen-bond donors (Lipinski definition) is 3. The van der Waals surface area contributed by atoms with Crippen LogP contribution in [0.2, 0.25) is 18.1 Å². The van der Waals surface area contributed by atoms with E-state index in [1.807, 2.05) is 78.9 Å². The number of hydrogen-bond acceptors (Lipinski definition) is 13. The lowest BCUT2D eigenvalue weighted by Gasteiger charge is -2.39. The summed E-state index contributed by atoms with van der Waals surface area (Å²) in [6, 6.07) is 24.8. The molecule has 2 aromatic heterocycles. The van der Waals surface area contributed by atoms with E-state index >= 15 is 0 Å². The van der Waals surface area contributed by atoms with E-state index in [0.717, 1.165) is 16.7 Å². The summed E-state index contributed by atoms with van der Waals surface area (Å²) in [6.07, 6.45) is -1.18. The highest BCUT2D eigenvalue weighted by Crippen LogP contribution is 2.44. The number of aryl methyl sites for hydroxylation is 2. The SMILES string of the molecule is COc1ccc(C(OC[C@H]2O[C@@H](n3cc(C)c(=O)[nH]c3=O)C[C@@H]2OCC(=O)NOC[C@H]2O[C@@H](n3cc(C)c(=O)[nH]c3=O)C[C@@H]2O[Si](C)(C)C(C)(C)C)(c2ccccc2)c2ccc(OC)cc2)cc1. The van der Waals surface area contributed by atoms with Gasteiger partial charge in [0.1, 0.15) is 55.0 Å². The Morgan fingerprint density at radius 1 is 0.706 bits per heavy atom. The summed E-state index contributed by atoms with van der Waals surface area (Å²) in [6.45, 7) is 13.1. The van der Waals surface area contributed by atoms with Crippen LogP contribution in [0.4, 0.5) is 0 Å². The van der Waals surface area contributed by atoms with E-state index in [2.05, 4.69) is 49.3 Å². The van der Waals surface area contributed by atoms with Crippen LogP contribution in [-0.4, -0.2) is 91.8 Å². The zero-order valence-electron chi connectivity index (χ0n) is 39.9.